The highest BCUT2D eigenvalue weighted by Gasteiger charge is 2.22. The first-order valence-electron chi connectivity index (χ1n) is 7.89. The Kier molecular flexibility index (Phi) is 4.51. The minimum atomic E-state index is -0.133. The number of ether oxygens (including phenoxy) is 1. The summed E-state index contributed by atoms with van der Waals surface area (Å²) in [6.07, 6.45) is 0.537. The minimum absolute atomic E-state index is 0.101. The van der Waals surface area contributed by atoms with E-state index in [1.165, 1.54) is 0 Å². The molecule has 2 N–H and O–H groups in total. The summed E-state index contributed by atoms with van der Waals surface area (Å²) in [5.41, 5.74) is 3.56. The van der Waals surface area contributed by atoms with E-state index in [0.717, 1.165) is 16.7 Å². The van der Waals surface area contributed by atoms with E-state index in [9.17, 15) is 9.59 Å². The number of hydrogen-bond donors (Lipinski definition) is 2. The molecule has 2 amide bonds. The van der Waals surface area contributed by atoms with Crippen molar-refractivity contribution >= 4 is 11.8 Å². The molecule has 5 nitrogen and oxygen atoms in total. The van der Waals surface area contributed by atoms with Gasteiger partial charge in [-0.2, -0.15) is 0 Å². The van der Waals surface area contributed by atoms with Gasteiger partial charge in [-0.3, -0.25) is 9.59 Å². The standard InChI is InChI=1S/C19H20N2O3/c1-20-19(23)14-7-8-17(24-2)16(9-14)13-5-3-12(4-6-13)15-10-18(22)21-11-15/h3-9,15H,10-11H2,1-2H3,(H,20,23)(H,21,22). The molecule has 0 bridgehead atoms. The lowest BCUT2D eigenvalue weighted by Crippen LogP contribution is -2.17. The van der Waals surface area contributed by atoms with Gasteiger partial charge in [0.2, 0.25) is 5.91 Å². The molecule has 0 aliphatic carbocycles. The van der Waals surface area contributed by atoms with Crippen LogP contribution in [0.15, 0.2) is 42.5 Å². The van der Waals surface area contributed by atoms with Crippen LogP contribution in [0.5, 0.6) is 5.75 Å². The number of methoxy groups -OCH3 is 1. The van der Waals surface area contributed by atoms with Crippen molar-refractivity contribution in [2.75, 3.05) is 20.7 Å². The molecular formula is C19H20N2O3. The second kappa shape index (κ2) is 6.74. The van der Waals surface area contributed by atoms with Crippen LogP contribution in [0.3, 0.4) is 0 Å². The van der Waals surface area contributed by atoms with E-state index in [4.69, 9.17) is 4.74 Å². The van der Waals surface area contributed by atoms with Crippen molar-refractivity contribution in [2.45, 2.75) is 12.3 Å². The van der Waals surface area contributed by atoms with Gasteiger partial charge in [-0.15, -0.1) is 0 Å². The van der Waals surface area contributed by atoms with Crippen molar-refractivity contribution in [3.05, 3.63) is 53.6 Å². The van der Waals surface area contributed by atoms with Gasteiger partial charge >= 0.3 is 0 Å². The van der Waals surface area contributed by atoms with E-state index in [1.54, 1.807) is 26.3 Å². The van der Waals surface area contributed by atoms with Crippen LogP contribution in [-0.4, -0.2) is 32.5 Å². The monoisotopic (exact) mass is 324 g/mol. The highest BCUT2D eigenvalue weighted by molar-refractivity contribution is 5.96. The molecule has 24 heavy (non-hydrogen) atoms. The Morgan fingerprint density at radius 3 is 2.54 bits per heavy atom. The fourth-order valence-corrected chi connectivity index (χ4v) is 2.99. The van der Waals surface area contributed by atoms with Crippen LogP contribution in [0.1, 0.15) is 28.3 Å². The summed E-state index contributed by atoms with van der Waals surface area (Å²) >= 11 is 0. The average Bonchev–Trinajstić information content (AvgIpc) is 3.07. The lowest BCUT2D eigenvalue weighted by atomic mass is 9.94. The van der Waals surface area contributed by atoms with Crippen molar-refractivity contribution in [1.82, 2.24) is 10.6 Å². The number of benzene rings is 2. The van der Waals surface area contributed by atoms with Crippen molar-refractivity contribution in [3.8, 4) is 16.9 Å². The van der Waals surface area contributed by atoms with Crippen molar-refractivity contribution in [3.63, 3.8) is 0 Å². The van der Waals surface area contributed by atoms with E-state index >= 15 is 0 Å². The highest BCUT2D eigenvalue weighted by Crippen LogP contribution is 2.32. The van der Waals surface area contributed by atoms with Gasteiger partial charge in [0.15, 0.2) is 0 Å². The molecule has 0 radical (unpaired) electrons. The van der Waals surface area contributed by atoms with Crippen molar-refractivity contribution in [2.24, 2.45) is 0 Å². The number of amides is 2. The van der Waals surface area contributed by atoms with Gasteiger partial charge in [0.05, 0.1) is 7.11 Å². The van der Waals surface area contributed by atoms with Gasteiger partial charge in [-0.25, -0.2) is 0 Å². The molecule has 1 unspecified atom stereocenters. The maximum absolute atomic E-state index is 11.9. The average molecular weight is 324 g/mol. The molecule has 5 heteroatoms. The molecule has 2 aromatic carbocycles. The zero-order valence-corrected chi connectivity index (χ0v) is 13.8. The second-order valence-electron chi connectivity index (χ2n) is 5.82. The van der Waals surface area contributed by atoms with Gasteiger partial charge in [-0.05, 0) is 29.3 Å². The number of carbonyl (C=O) groups is 2. The number of carbonyl (C=O) groups excluding carboxylic acids is 2. The van der Waals surface area contributed by atoms with E-state index in [-0.39, 0.29) is 17.7 Å². The summed E-state index contributed by atoms with van der Waals surface area (Å²) in [6.45, 7) is 0.688. The summed E-state index contributed by atoms with van der Waals surface area (Å²) in [7, 11) is 3.22. The molecule has 3 rings (SSSR count). The van der Waals surface area contributed by atoms with Crippen molar-refractivity contribution < 1.29 is 14.3 Å². The lowest BCUT2D eigenvalue weighted by Gasteiger charge is -2.13. The van der Waals surface area contributed by atoms with Gasteiger partial charge in [0.25, 0.3) is 5.91 Å². The fourth-order valence-electron chi connectivity index (χ4n) is 2.99. The maximum Gasteiger partial charge on any atom is 0.251 e. The smallest absolute Gasteiger partial charge is 0.251 e. The van der Waals surface area contributed by atoms with Gasteiger partial charge in [-0.1, -0.05) is 24.3 Å². The fraction of sp³-hybridized carbons (Fsp3) is 0.263. The van der Waals surface area contributed by atoms with Crippen LogP contribution in [0.4, 0.5) is 0 Å². The predicted molar refractivity (Wildman–Crippen MR) is 92.2 cm³/mol. The molecule has 1 saturated heterocycles. The van der Waals surface area contributed by atoms with Gasteiger partial charge < -0.3 is 15.4 Å². The zero-order chi connectivity index (χ0) is 17.1. The second-order valence-corrected chi connectivity index (χ2v) is 5.82. The summed E-state index contributed by atoms with van der Waals surface area (Å²) in [6, 6.07) is 13.4. The molecule has 0 aromatic heterocycles. The minimum Gasteiger partial charge on any atom is -0.496 e. The molecule has 0 spiro atoms. The Morgan fingerprint density at radius 1 is 1.21 bits per heavy atom. The van der Waals surface area contributed by atoms with E-state index in [0.29, 0.717) is 24.3 Å². The maximum atomic E-state index is 11.9. The molecule has 1 heterocycles. The Hall–Kier alpha value is -2.82. The third-order valence-electron chi connectivity index (χ3n) is 4.36. The van der Waals surface area contributed by atoms with Crippen LogP contribution < -0.4 is 15.4 Å². The van der Waals surface area contributed by atoms with Gasteiger partial charge in [0.1, 0.15) is 5.75 Å². The topological polar surface area (TPSA) is 67.4 Å². The number of rotatable bonds is 4. The van der Waals surface area contributed by atoms with Crippen LogP contribution in [0.2, 0.25) is 0 Å². The first-order chi connectivity index (χ1) is 11.6. The van der Waals surface area contributed by atoms with E-state index in [2.05, 4.69) is 10.6 Å². The summed E-state index contributed by atoms with van der Waals surface area (Å²) in [5, 5.41) is 5.48. The Morgan fingerprint density at radius 2 is 1.96 bits per heavy atom. The predicted octanol–water partition coefficient (Wildman–Crippen LogP) is 2.33. The first kappa shape index (κ1) is 16.1. The Bertz CT molecular complexity index is 769. The van der Waals surface area contributed by atoms with E-state index in [1.807, 2.05) is 30.3 Å². The Balaban J connectivity index is 1.93. The summed E-state index contributed by atoms with van der Waals surface area (Å²) in [4.78, 5) is 23.2. The van der Waals surface area contributed by atoms with Crippen molar-refractivity contribution in [1.29, 1.82) is 0 Å². The van der Waals surface area contributed by atoms with Gasteiger partial charge in [0, 0.05) is 37.1 Å². The molecular weight excluding hydrogens is 304 g/mol. The molecule has 0 saturated carbocycles. The molecule has 124 valence electrons. The normalized spacial score (nSPS) is 16.6. The van der Waals surface area contributed by atoms with Crippen LogP contribution in [-0.2, 0) is 4.79 Å². The molecule has 1 atom stereocenters. The zero-order valence-electron chi connectivity index (χ0n) is 13.8. The number of nitrogens with one attached hydrogen (secondary N) is 2. The third kappa shape index (κ3) is 3.11. The SMILES string of the molecule is CNC(=O)c1ccc(OC)c(-c2ccc(C3CNC(=O)C3)cc2)c1. The van der Waals surface area contributed by atoms with Crippen LogP contribution in [0, 0.1) is 0 Å². The molecule has 1 aliphatic heterocycles. The summed E-state index contributed by atoms with van der Waals surface area (Å²) < 4.78 is 5.43. The lowest BCUT2D eigenvalue weighted by molar-refractivity contribution is -0.119. The quantitative estimate of drug-likeness (QED) is 0.907. The molecule has 1 aliphatic rings. The third-order valence-corrected chi connectivity index (χ3v) is 4.36. The van der Waals surface area contributed by atoms with E-state index < -0.39 is 0 Å². The number of hydrogen-bond acceptors (Lipinski definition) is 3. The highest BCUT2D eigenvalue weighted by atomic mass is 16.5. The van der Waals surface area contributed by atoms with Crippen LogP contribution in [0.25, 0.3) is 11.1 Å². The summed E-state index contributed by atoms with van der Waals surface area (Å²) in [5.74, 6) is 0.911. The largest absolute Gasteiger partial charge is 0.496 e. The Labute approximate surface area is 141 Å². The molecule has 2 aromatic rings. The molecule has 1 fully saturated rings. The van der Waals surface area contributed by atoms with Crippen LogP contribution >= 0.6 is 0 Å². The first-order valence-corrected chi connectivity index (χ1v) is 7.89.